The van der Waals surface area contributed by atoms with Crippen LogP contribution in [0.2, 0.25) is 0 Å². The summed E-state index contributed by atoms with van der Waals surface area (Å²) in [5.41, 5.74) is 0. The Labute approximate surface area is 161 Å². The van der Waals surface area contributed by atoms with Gasteiger partial charge in [0.2, 0.25) is 6.33 Å². The Kier molecular flexibility index (Phi) is 15.8. The minimum atomic E-state index is -2.61. The fraction of sp³-hybridized carbons (Fsp3) is 0.812. The number of halogens is 4. The molecule has 0 bridgehead atoms. The Morgan fingerprint density at radius 2 is 1.26 bits per heavy atom. The summed E-state index contributed by atoms with van der Waals surface area (Å²) in [5, 5.41) is 0. The molecule has 1 rings (SSSR count). The molecule has 0 atom stereocenters. The molecule has 0 saturated heterocycles. The summed E-state index contributed by atoms with van der Waals surface area (Å²) in [6.07, 6.45) is 20.6. The average Bonchev–Trinajstić information content (AvgIpc) is 2.85. The van der Waals surface area contributed by atoms with Gasteiger partial charge < -0.3 is 0 Å². The molecule has 0 aliphatic carbocycles. The van der Waals surface area contributed by atoms with Gasteiger partial charge in [0.15, 0.2) is 0 Å². The number of aryl methyl sites for hydroxylation is 2. The van der Waals surface area contributed by atoms with Gasteiger partial charge in [-0.05, 0) is 12.8 Å². The summed E-state index contributed by atoms with van der Waals surface area (Å²) >= 11 is 0. The van der Waals surface area contributed by atoms with E-state index in [4.69, 9.17) is 40.4 Å². The maximum absolute atomic E-state index is 4.95. The first-order valence-electron chi connectivity index (χ1n) is 8.37. The van der Waals surface area contributed by atoms with Crippen LogP contribution in [-0.4, -0.2) is 4.57 Å². The van der Waals surface area contributed by atoms with Crippen LogP contribution in [0.4, 0.5) is 0 Å². The van der Waals surface area contributed by atoms with Crippen LogP contribution in [0, 0.1) is 0 Å². The molecule has 141 valence electrons. The Morgan fingerprint density at radius 3 is 1.65 bits per heavy atom. The van der Waals surface area contributed by atoms with E-state index in [0.29, 0.717) is 0 Å². The fourth-order valence-electron chi connectivity index (χ4n) is 2.42. The summed E-state index contributed by atoms with van der Waals surface area (Å²) in [4.78, 5) is 0. The Balaban J connectivity index is 0.000000841. The van der Waals surface area contributed by atoms with Crippen molar-refractivity contribution in [2.24, 2.45) is 7.05 Å². The van der Waals surface area contributed by atoms with Gasteiger partial charge in [-0.25, -0.2) is 9.13 Å². The van der Waals surface area contributed by atoms with Gasteiger partial charge in [0.25, 0.3) is 0 Å². The third kappa shape index (κ3) is 20.8. The van der Waals surface area contributed by atoms with E-state index in [-0.39, 0.29) is 0 Å². The van der Waals surface area contributed by atoms with Gasteiger partial charge in [0.05, 0.1) is 13.6 Å². The molecule has 0 unspecified atom stereocenters. The van der Waals surface area contributed by atoms with E-state index in [1.807, 2.05) is 0 Å². The molecule has 0 aliphatic rings. The first kappa shape index (κ1) is 23.9. The van der Waals surface area contributed by atoms with Gasteiger partial charge in [-0.1, -0.05) is 58.3 Å². The minimum absolute atomic E-state index is 1.18. The van der Waals surface area contributed by atoms with E-state index < -0.39 is 9.20 Å². The molecule has 0 spiro atoms. The SMILES string of the molecule is CCCCCCCCCCCCn1cc[n+](C)c1.[Cl][Fe-]([Cl])([Cl])[Cl]. The van der Waals surface area contributed by atoms with Crippen molar-refractivity contribution in [1.29, 1.82) is 0 Å². The average molecular weight is 449 g/mol. The second-order valence-corrected chi connectivity index (χ2v) is 16.7. The predicted molar refractivity (Wildman–Crippen MR) is 101 cm³/mol. The van der Waals surface area contributed by atoms with E-state index in [0.717, 1.165) is 0 Å². The molecule has 0 fully saturated rings. The van der Waals surface area contributed by atoms with Gasteiger partial charge in [0.1, 0.15) is 12.4 Å². The molecule has 0 aromatic carbocycles. The van der Waals surface area contributed by atoms with Gasteiger partial charge in [-0.15, -0.1) is 0 Å². The summed E-state index contributed by atoms with van der Waals surface area (Å²) in [5.74, 6) is 0. The molecular formula is C16H31Cl4FeN2. The number of nitrogens with zero attached hydrogens (tertiary/aromatic N) is 2. The molecule has 0 amide bonds. The second kappa shape index (κ2) is 15.2. The Hall–Kier alpha value is 0.889. The number of unbranched alkanes of at least 4 members (excludes halogenated alkanes) is 9. The molecule has 1 aromatic heterocycles. The van der Waals surface area contributed by atoms with Crippen molar-refractivity contribution in [3.63, 3.8) is 0 Å². The van der Waals surface area contributed by atoms with Crippen LogP contribution in [0.1, 0.15) is 71.1 Å². The van der Waals surface area contributed by atoms with E-state index >= 15 is 0 Å². The number of rotatable bonds is 11. The van der Waals surface area contributed by atoms with Crippen molar-refractivity contribution in [1.82, 2.24) is 4.57 Å². The van der Waals surface area contributed by atoms with Crippen molar-refractivity contribution < 1.29 is 13.8 Å². The Morgan fingerprint density at radius 1 is 0.826 bits per heavy atom. The number of hydrogen-bond acceptors (Lipinski definition) is 0. The van der Waals surface area contributed by atoms with E-state index in [2.05, 4.69) is 41.8 Å². The summed E-state index contributed by atoms with van der Waals surface area (Å²) in [6.45, 7) is 3.46. The zero-order valence-electron chi connectivity index (χ0n) is 14.3. The first-order valence-corrected chi connectivity index (χ1v) is 14.4. The van der Waals surface area contributed by atoms with Crippen LogP contribution in [0.3, 0.4) is 0 Å². The fourth-order valence-corrected chi connectivity index (χ4v) is 2.42. The molecular weight excluding hydrogens is 418 g/mol. The topological polar surface area (TPSA) is 8.81 Å². The molecule has 0 aliphatic heterocycles. The molecule has 7 heteroatoms. The third-order valence-corrected chi connectivity index (χ3v) is 3.59. The summed E-state index contributed by atoms with van der Waals surface area (Å²) in [7, 11) is 19.3. The van der Waals surface area contributed by atoms with Crippen LogP contribution in [-0.2, 0) is 22.8 Å². The van der Waals surface area contributed by atoms with E-state index in [9.17, 15) is 0 Å². The van der Waals surface area contributed by atoms with Gasteiger partial charge >= 0.3 is 49.6 Å². The number of aromatic nitrogens is 2. The maximum atomic E-state index is 4.95. The number of imidazole rings is 1. The van der Waals surface area contributed by atoms with Crippen LogP contribution in [0.5, 0.6) is 0 Å². The molecule has 1 aromatic rings. The molecule has 0 saturated carbocycles. The summed E-state index contributed by atoms with van der Waals surface area (Å²) in [6, 6.07) is 0. The van der Waals surface area contributed by atoms with Crippen molar-refractivity contribution >= 4 is 40.4 Å². The summed E-state index contributed by atoms with van der Waals surface area (Å²) < 4.78 is 4.39. The molecule has 0 radical (unpaired) electrons. The van der Waals surface area contributed by atoms with Crippen molar-refractivity contribution in [2.75, 3.05) is 0 Å². The zero-order valence-corrected chi connectivity index (χ0v) is 18.4. The molecule has 2 nitrogen and oxygen atoms in total. The number of hydrogen-bond donors (Lipinski definition) is 0. The van der Waals surface area contributed by atoms with Crippen molar-refractivity contribution in [3.8, 4) is 0 Å². The van der Waals surface area contributed by atoms with Crippen LogP contribution in [0.15, 0.2) is 18.7 Å². The monoisotopic (exact) mass is 447 g/mol. The first-order chi connectivity index (χ1) is 10.8. The zero-order chi connectivity index (χ0) is 17.6. The van der Waals surface area contributed by atoms with Crippen LogP contribution < -0.4 is 4.57 Å². The Bertz CT molecular complexity index is 374. The third-order valence-electron chi connectivity index (χ3n) is 3.59. The normalized spacial score (nSPS) is 11.9. The van der Waals surface area contributed by atoms with Gasteiger partial charge in [-0.3, -0.25) is 0 Å². The van der Waals surface area contributed by atoms with Gasteiger partial charge in [-0.2, -0.15) is 0 Å². The molecule has 1 heterocycles. The van der Waals surface area contributed by atoms with Gasteiger partial charge in [0, 0.05) is 0 Å². The van der Waals surface area contributed by atoms with Crippen molar-refractivity contribution in [2.45, 2.75) is 77.7 Å². The predicted octanol–water partition coefficient (Wildman–Crippen LogP) is 6.99. The molecule has 0 N–H and O–H groups in total. The van der Waals surface area contributed by atoms with E-state index in [1.54, 1.807) is 0 Å². The van der Waals surface area contributed by atoms with Crippen LogP contribution in [0.25, 0.3) is 0 Å². The van der Waals surface area contributed by atoms with Crippen LogP contribution >= 0.6 is 40.4 Å². The molecule has 23 heavy (non-hydrogen) atoms. The van der Waals surface area contributed by atoms with E-state index in [1.165, 1.54) is 70.8 Å². The standard InChI is InChI=1S/C16H31N2.4ClH.Fe/c1-3-4-5-6-7-8-9-10-11-12-13-18-15-14-17(2)16-18;;;;;/h14-16H,3-13H2,1-2H3;4*1H;/q+1;;;;;+3/p-4. The van der Waals surface area contributed by atoms with Crippen molar-refractivity contribution in [3.05, 3.63) is 18.7 Å². The second-order valence-electron chi connectivity index (χ2n) is 5.80. The quantitative estimate of drug-likeness (QED) is 0.196.